The van der Waals surface area contributed by atoms with Crippen molar-refractivity contribution in [3.63, 3.8) is 0 Å². The maximum atomic E-state index is 11.4. The van der Waals surface area contributed by atoms with Crippen molar-refractivity contribution in [1.82, 2.24) is 5.32 Å². The third-order valence-electron chi connectivity index (χ3n) is 2.55. The average molecular weight is 249 g/mol. The minimum Gasteiger partial charge on any atom is -0.444 e. The van der Waals surface area contributed by atoms with E-state index in [2.05, 4.69) is 5.32 Å². The van der Waals surface area contributed by atoms with Gasteiger partial charge in [-0.2, -0.15) is 0 Å². The lowest BCUT2D eigenvalue weighted by Gasteiger charge is -2.22. The molecule has 0 aromatic carbocycles. The molecular formula is C10H19NO4S. The maximum Gasteiger partial charge on any atom is 0.407 e. The standard InChI is InChI=1S/C10H19NO4S/c1-7-8(5-6-16(7,13)14)11-9(12)15-10(2,3)4/h7-8H,5-6H2,1-4H3,(H,11,12). The van der Waals surface area contributed by atoms with E-state index in [4.69, 9.17) is 4.74 Å². The van der Waals surface area contributed by atoms with Crippen LogP contribution in [0.3, 0.4) is 0 Å². The highest BCUT2D eigenvalue weighted by Crippen LogP contribution is 2.20. The van der Waals surface area contributed by atoms with Crippen LogP contribution >= 0.6 is 0 Å². The zero-order chi connectivity index (χ0) is 12.6. The van der Waals surface area contributed by atoms with Gasteiger partial charge in [0, 0.05) is 6.04 Å². The van der Waals surface area contributed by atoms with Gasteiger partial charge in [-0.05, 0) is 34.1 Å². The monoisotopic (exact) mass is 249 g/mol. The fourth-order valence-electron chi connectivity index (χ4n) is 1.61. The normalized spacial score (nSPS) is 28.8. The van der Waals surface area contributed by atoms with Gasteiger partial charge in [0.25, 0.3) is 0 Å². The summed E-state index contributed by atoms with van der Waals surface area (Å²) in [5.41, 5.74) is -0.565. The van der Waals surface area contributed by atoms with Crippen molar-refractivity contribution in [3.8, 4) is 0 Å². The number of hydrogen-bond acceptors (Lipinski definition) is 4. The van der Waals surface area contributed by atoms with Crippen LogP contribution in [0, 0.1) is 0 Å². The summed E-state index contributed by atoms with van der Waals surface area (Å²) >= 11 is 0. The number of nitrogens with one attached hydrogen (secondary N) is 1. The third-order valence-corrected chi connectivity index (χ3v) is 4.81. The molecule has 16 heavy (non-hydrogen) atoms. The van der Waals surface area contributed by atoms with E-state index in [1.165, 1.54) is 0 Å². The van der Waals surface area contributed by atoms with Crippen molar-refractivity contribution in [2.45, 2.75) is 51.0 Å². The lowest BCUT2D eigenvalue weighted by molar-refractivity contribution is 0.0505. The Morgan fingerprint density at radius 2 is 1.94 bits per heavy atom. The number of alkyl carbamates (subject to hydrolysis) is 1. The molecule has 0 bridgehead atoms. The molecular weight excluding hydrogens is 230 g/mol. The summed E-state index contributed by atoms with van der Waals surface area (Å²) in [4.78, 5) is 11.4. The molecule has 6 heteroatoms. The Bertz CT molecular complexity index is 369. The summed E-state index contributed by atoms with van der Waals surface area (Å²) in [5, 5.41) is 2.07. The topological polar surface area (TPSA) is 72.5 Å². The molecule has 2 atom stereocenters. The van der Waals surface area contributed by atoms with Crippen molar-refractivity contribution in [1.29, 1.82) is 0 Å². The summed E-state index contributed by atoms with van der Waals surface area (Å²) in [7, 11) is -3.03. The van der Waals surface area contributed by atoms with Gasteiger partial charge in [-0.3, -0.25) is 0 Å². The molecule has 1 amide bonds. The van der Waals surface area contributed by atoms with E-state index in [1.807, 2.05) is 0 Å². The molecule has 1 saturated heterocycles. The summed E-state index contributed by atoms with van der Waals surface area (Å²) in [6.07, 6.45) is -0.0932. The Labute approximate surface area is 96.5 Å². The molecule has 1 aliphatic rings. The molecule has 1 fully saturated rings. The average Bonchev–Trinajstić information content (AvgIpc) is 2.28. The van der Waals surface area contributed by atoms with Gasteiger partial charge in [0.1, 0.15) is 5.60 Å². The first-order valence-electron chi connectivity index (χ1n) is 5.33. The van der Waals surface area contributed by atoms with Crippen molar-refractivity contribution < 1.29 is 17.9 Å². The summed E-state index contributed by atoms with van der Waals surface area (Å²) in [6, 6.07) is -0.333. The Balaban J connectivity index is 2.54. The molecule has 1 rings (SSSR count). The Kier molecular flexibility index (Phi) is 3.52. The van der Waals surface area contributed by atoms with E-state index in [1.54, 1.807) is 27.7 Å². The number of carbonyl (C=O) groups is 1. The predicted molar refractivity (Wildman–Crippen MR) is 61.0 cm³/mol. The summed E-state index contributed by atoms with van der Waals surface area (Å²) < 4.78 is 28.0. The molecule has 94 valence electrons. The van der Waals surface area contributed by atoms with Gasteiger partial charge < -0.3 is 10.1 Å². The fourth-order valence-corrected chi connectivity index (χ4v) is 3.27. The van der Waals surface area contributed by atoms with Gasteiger partial charge in [-0.15, -0.1) is 0 Å². The predicted octanol–water partition coefficient (Wildman–Crippen LogP) is 1.09. The minimum atomic E-state index is -3.03. The molecule has 1 heterocycles. The minimum absolute atomic E-state index is 0.134. The molecule has 0 aliphatic carbocycles. The Morgan fingerprint density at radius 1 is 1.38 bits per heavy atom. The molecule has 5 nitrogen and oxygen atoms in total. The van der Waals surface area contributed by atoms with E-state index < -0.39 is 26.8 Å². The van der Waals surface area contributed by atoms with E-state index in [0.29, 0.717) is 6.42 Å². The largest absolute Gasteiger partial charge is 0.444 e. The second kappa shape index (κ2) is 4.24. The maximum absolute atomic E-state index is 11.4. The lowest BCUT2D eigenvalue weighted by atomic mass is 10.2. The second-order valence-electron chi connectivity index (χ2n) is 5.11. The van der Waals surface area contributed by atoms with Crippen LogP contribution in [0.2, 0.25) is 0 Å². The van der Waals surface area contributed by atoms with Crippen LogP contribution in [-0.4, -0.2) is 37.2 Å². The number of amides is 1. The van der Waals surface area contributed by atoms with Gasteiger partial charge >= 0.3 is 6.09 Å². The molecule has 1 N–H and O–H groups in total. The van der Waals surface area contributed by atoms with Crippen LogP contribution < -0.4 is 5.32 Å². The van der Waals surface area contributed by atoms with Gasteiger partial charge in [0.15, 0.2) is 9.84 Å². The van der Waals surface area contributed by atoms with Crippen LogP contribution in [-0.2, 0) is 14.6 Å². The van der Waals surface area contributed by atoms with Crippen LogP contribution in [0.15, 0.2) is 0 Å². The highest BCUT2D eigenvalue weighted by atomic mass is 32.2. The van der Waals surface area contributed by atoms with E-state index >= 15 is 0 Å². The van der Waals surface area contributed by atoms with Crippen LogP contribution in [0.1, 0.15) is 34.1 Å². The number of sulfone groups is 1. The quantitative estimate of drug-likeness (QED) is 0.755. The molecule has 0 spiro atoms. The molecule has 0 aromatic rings. The van der Waals surface area contributed by atoms with E-state index in [9.17, 15) is 13.2 Å². The molecule has 0 aromatic heterocycles. The highest BCUT2D eigenvalue weighted by Gasteiger charge is 2.38. The number of carbonyl (C=O) groups excluding carboxylic acids is 1. The van der Waals surface area contributed by atoms with E-state index in [-0.39, 0.29) is 11.8 Å². The number of rotatable bonds is 1. The summed E-state index contributed by atoms with van der Waals surface area (Å²) in [5.74, 6) is 0.134. The first-order chi connectivity index (χ1) is 7.12. The second-order valence-corrected chi connectivity index (χ2v) is 7.59. The molecule has 0 saturated carbocycles. The van der Waals surface area contributed by atoms with Gasteiger partial charge in [0.2, 0.25) is 0 Å². The van der Waals surface area contributed by atoms with Crippen LogP contribution in [0.25, 0.3) is 0 Å². The fraction of sp³-hybridized carbons (Fsp3) is 0.900. The Hall–Kier alpha value is -0.780. The van der Waals surface area contributed by atoms with Gasteiger partial charge in [0.05, 0.1) is 11.0 Å². The van der Waals surface area contributed by atoms with Gasteiger partial charge in [-0.1, -0.05) is 0 Å². The van der Waals surface area contributed by atoms with Crippen molar-refractivity contribution in [3.05, 3.63) is 0 Å². The Morgan fingerprint density at radius 3 is 2.31 bits per heavy atom. The zero-order valence-electron chi connectivity index (χ0n) is 10.1. The lowest BCUT2D eigenvalue weighted by Crippen LogP contribution is -2.43. The van der Waals surface area contributed by atoms with Crippen molar-refractivity contribution in [2.24, 2.45) is 0 Å². The first kappa shape index (κ1) is 13.3. The van der Waals surface area contributed by atoms with E-state index in [0.717, 1.165) is 0 Å². The summed E-state index contributed by atoms with van der Waals surface area (Å²) in [6.45, 7) is 6.91. The van der Waals surface area contributed by atoms with Crippen LogP contribution in [0.5, 0.6) is 0 Å². The molecule has 2 unspecified atom stereocenters. The molecule has 1 aliphatic heterocycles. The SMILES string of the molecule is CC1C(NC(=O)OC(C)(C)C)CCS1(=O)=O. The molecule has 0 radical (unpaired) electrons. The van der Waals surface area contributed by atoms with Crippen LogP contribution in [0.4, 0.5) is 4.79 Å². The van der Waals surface area contributed by atoms with Gasteiger partial charge in [-0.25, -0.2) is 13.2 Å². The smallest absolute Gasteiger partial charge is 0.407 e. The zero-order valence-corrected chi connectivity index (χ0v) is 10.9. The highest BCUT2D eigenvalue weighted by molar-refractivity contribution is 7.92. The first-order valence-corrected chi connectivity index (χ1v) is 7.04. The number of hydrogen-bond donors (Lipinski definition) is 1. The van der Waals surface area contributed by atoms with Crippen molar-refractivity contribution >= 4 is 15.9 Å². The van der Waals surface area contributed by atoms with Crippen molar-refractivity contribution in [2.75, 3.05) is 5.75 Å². The third kappa shape index (κ3) is 3.37. The number of ether oxygens (including phenoxy) is 1.